The predicted molar refractivity (Wildman–Crippen MR) is 90.9 cm³/mol. The number of hydrogen-bond donors (Lipinski definition) is 2. The molecule has 2 aliphatic rings. The van der Waals surface area contributed by atoms with E-state index >= 15 is 0 Å². The quantitative estimate of drug-likeness (QED) is 0.785. The SMILES string of the molecule is CN(C)C1(CNC(=O)CSC2CCNCC2)CCCCC1. The number of piperidine rings is 1. The van der Waals surface area contributed by atoms with Gasteiger partial charge in [-0.15, -0.1) is 11.8 Å². The van der Waals surface area contributed by atoms with Crippen LogP contribution < -0.4 is 10.6 Å². The van der Waals surface area contributed by atoms with E-state index in [-0.39, 0.29) is 11.4 Å². The van der Waals surface area contributed by atoms with Crippen molar-refractivity contribution in [1.29, 1.82) is 0 Å². The minimum Gasteiger partial charge on any atom is -0.354 e. The maximum Gasteiger partial charge on any atom is 0.230 e. The zero-order chi connectivity index (χ0) is 15.1. The summed E-state index contributed by atoms with van der Waals surface area (Å²) in [4.78, 5) is 14.5. The molecule has 1 heterocycles. The molecule has 0 aromatic heterocycles. The van der Waals surface area contributed by atoms with Crippen LogP contribution in [0.4, 0.5) is 0 Å². The number of nitrogens with zero attached hydrogens (tertiary/aromatic N) is 1. The van der Waals surface area contributed by atoms with Gasteiger partial charge in [0.2, 0.25) is 5.91 Å². The van der Waals surface area contributed by atoms with Crippen LogP contribution in [0.3, 0.4) is 0 Å². The zero-order valence-electron chi connectivity index (χ0n) is 13.6. The Labute approximate surface area is 133 Å². The van der Waals surface area contributed by atoms with Crippen LogP contribution in [0.15, 0.2) is 0 Å². The molecule has 2 fully saturated rings. The zero-order valence-corrected chi connectivity index (χ0v) is 14.4. The van der Waals surface area contributed by atoms with E-state index < -0.39 is 0 Å². The third kappa shape index (κ3) is 5.15. The molecule has 0 radical (unpaired) electrons. The standard InChI is InChI=1S/C16H31N3OS/c1-19(2)16(8-4-3-5-9-16)13-18-15(20)12-21-14-6-10-17-11-7-14/h14,17H,3-13H2,1-2H3,(H,18,20). The summed E-state index contributed by atoms with van der Waals surface area (Å²) in [5.74, 6) is 0.832. The van der Waals surface area contributed by atoms with Gasteiger partial charge in [0.1, 0.15) is 0 Å². The van der Waals surface area contributed by atoms with Crippen molar-refractivity contribution in [3.63, 3.8) is 0 Å². The summed E-state index contributed by atoms with van der Waals surface area (Å²) in [6.45, 7) is 3.01. The fourth-order valence-electron chi connectivity index (χ4n) is 3.46. The molecule has 2 N–H and O–H groups in total. The largest absolute Gasteiger partial charge is 0.354 e. The van der Waals surface area contributed by atoms with Gasteiger partial charge in [0, 0.05) is 17.3 Å². The number of thioether (sulfide) groups is 1. The smallest absolute Gasteiger partial charge is 0.230 e. The Hall–Kier alpha value is -0.260. The third-order valence-corrected chi connectivity index (χ3v) is 6.46. The van der Waals surface area contributed by atoms with E-state index in [0.29, 0.717) is 11.0 Å². The summed E-state index contributed by atoms with van der Waals surface area (Å²) in [5.41, 5.74) is 0.188. The lowest BCUT2D eigenvalue weighted by molar-refractivity contribution is -0.119. The van der Waals surface area contributed by atoms with Crippen LogP contribution in [0.5, 0.6) is 0 Å². The number of carbonyl (C=O) groups excluding carboxylic acids is 1. The van der Waals surface area contributed by atoms with Crippen LogP contribution >= 0.6 is 11.8 Å². The lowest BCUT2D eigenvalue weighted by atomic mass is 9.80. The monoisotopic (exact) mass is 313 g/mol. The van der Waals surface area contributed by atoms with Crippen molar-refractivity contribution < 1.29 is 4.79 Å². The first kappa shape index (κ1) is 17.1. The van der Waals surface area contributed by atoms with Crippen molar-refractivity contribution in [2.45, 2.75) is 55.7 Å². The number of carbonyl (C=O) groups is 1. The van der Waals surface area contributed by atoms with Gasteiger partial charge in [0.25, 0.3) is 0 Å². The van der Waals surface area contributed by atoms with Crippen LogP contribution in [0.2, 0.25) is 0 Å². The minimum atomic E-state index is 0.188. The van der Waals surface area contributed by atoms with E-state index in [1.807, 2.05) is 11.8 Å². The molecule has 1 aliphatic carbocycles. The summed E-state index contributed by atoms with van der Waals surface area (Å²) < 4.78 is 0. The van der Waals surface area contributed by atoms with E-state index in [2.05, 4.69) is 29.6 Å². The number of rotatable bonds is 6. The summed E-state index contributed by atoms with van der Waals surface area (Å²) in [7, 11) is 4.31. The number of nitrogens with one attached hydrogen (secondary N) is 2. The first-order valence-corrected chi connectivity index (χ1v) is 9.44. The average molecular weight is 314 g/mol. The Morgan fingerprint density at radius 2 is 1.90 bits per heavy atom. The molecule has 5 heteroatoms. The Bertz CT molecular complexity index is 323. The van der Waals surface area contributed by atoms with Crippen molar-refractivity contribution in [3.8, 4) is 0 Å². The van der Waals surface area contributed by atoms with Crippen LogP contribution in [0.25, 0.3) is 0 Å². The van der Waals surface area contributed by atoms with Crippen molar-refractivity contribution in [3.05, 3.63) is 0 Å². The van der Waals surface area contributed by atoms with Gasteiger partial charge >= 0.3 is 0 Å². The normalized spacial score (nSPS) is 23.2. The average Bonchev–Trinajstić information content (AvgIpc) is 2.52. The molecule has 1 saturated carbocycles. The van der Waals surface area contributed by atoms with Crippen LogP contribution in [-0.4, -0.2) is 61.1 Å². The second-order valence-electron chi connectivity index (χ2n) is 6.72. The van der Waals surface area contributed by atoms with Gasteiger partial charge in [0.15, 0.2) is 0 Å². The fraction of sp³-hybridized carbons (Fsp3) is 0.938. The first-order valence-electron chi connectivity index (χ1n) is 8.39. The molecular formula is C16H31N3OS. The third-order valence-electron chi connectivity index (χ3n) is 5.08. The van der Waals surface area contributed by atoms with Crippen LogP contribution in [0, 0.1) is 0 Å². The van der Waals surface area contributed by atoms with Crippen molar-refractivity contribution in [1.82, 2.24) is 15.5 Å². The summed E-state index contributed by atoms with van der Waals surface area (Å²) >= 11 is 1.83. The molecule has 1 aliphatic heterocycles. The van der Waals surface area contributed by atoms with Gasteiger partial charge in [-0.2, -0.15) is 0 Å². The lowest BCUT2D eigenvalue weighted by Crippen LogP contribution is -2.54. The molecule has 0 spiro atoms. The summed E-state index contributed by atoms with van der Waals surface area (Å²) in [6.07, 6.45) is 8.73. The maximum atomic E-state index is 12.1. The van der Waals surface area contributed by atoms with E-state index in [0.717, 1.165) is 19.6 Å². The Morgan fingerprint density at radius 1 is 1.24 bits per heavy atom. The summed E-state index contributed by atoms with van der Waals surface area (Å²) in [5, 5.41) is 7.23. The highest BCUT2D eigenvalue weighted by atomic mass is 32.2. The lowest BCUT2D eigenvalue weighted by Gasteiger charge is -2.43. The van der Waals surface area contributed by atoms with Gasteiger partial charge in [-0.25, -0.2) is 0 Å². The van der Waals surface area contributed by atoms with Crippen molar-refractivity contribution in [2.24, 2.45) is 0 Å². The molecule has 4 nitrogen and oxygen atoms in total. The Morgan fingerprint density at radius 3 is 2.52 bits per heavy atom. The molecule has 0 atom stereocenters. The van der Waals surface area contributed by atoms with E-state index in [4.69, 9.17) is 0 Å². The van der Waals surface area contributed by atoms with Gasteiger partial charge in [-0.3, -0.25) is 4.79 Å². The number of hydrogen-bond acceptors (Lipinski definition) is 4. The summed E-state index contributed by atoms with van der Waals surface area (Å²) in [6, 6.07) is 0. The van der Waals surface area contributed by atoms with Gasteiger partial charge < -0.3 is 15.5 Å². The Balaban J connectivity index is 1.71. The molecule has 0 aromatic rings. The molecule has 0 unspecified atom stereocenters. The van der Waals surface area contributed by atoms with E-state index in [9.17, 15) is 4.79 Å². The van der Waals surface area contributed by atoms with Crippen LogP contribution in [-0.2, 0) is 4.79 Å². The molecule has 1 amide bonds. The molecule has 1 saturated heterocycles. The molecule has 122 valence electrons. The number of likely N-dealkylation sites (N-methyl/N-ethyl adjacent to an activating group) is 1. The van der Waals surface area contributed by atoms with Gasteiger partial charge in [-0.1, -0.05) is 19.3 Å². The minimum absolute atomic E-state index is 0.188. The molecule has 0 aromatic carbocycles. The number of amides is 1. The van der Waals surface area contributed by atoms with Crippen molar-refractivity contribution >= 4 is 17.7 Å². The van der Waals surface area contributed by atoms with Gasteiger partial charge in [0.05, 0.1) is 5.75 Å². The topological polar surface area (TPSA) is 44.4 Å². The second-order valence-corrected chi connectivity index (χ2v) is 8.01. The first-order chi connectivity index (χ1) is 10.1. The van der Waals surface area contributed by atoms with E-state index in [1.165, 1.54) is 44.9 Å². The van der Waals surface area contributed by atoms with Crippen molar-refractivity contribution in [2.75, 3.05) is 39.5 Å². The molecule has 21 heavy (non-hydrogen) atoms. The predicted octanol–water partition coefficient (Wildman–Crippen LogP) is 1.85. The van der Waals surface area contributed by atoms with E-state index in [1.54, 1.807) is 0 Å². The Kier molecular flexibility index (Phi) is 6.83. The fourth-order valence-corrected chi connectivity index (χ4v) is 4.52. The maximum absolute atomic E-state index is 12.1. The molecule has 2 rings (SSSR count). The van der Waals surface area contributed by atoms with Gasteiger partial charge in [-0.05, 0) is 52.9 Å². The molecular weight excluding hydrogens is 282 g/mol. The second kappa shape index (κ2) is 8.39. The highest BCUT2D eigenvalue weighted by molar-refractivity contribution is 8.00. The molecule has 0 bridgehead atoms. The van der Waals surface area contributed by atoms with Crippen LogP contribution in [0.1, 0.15) is 44.9 Å². The highest BCUT2D eigenvalue weighted by Gasteiger charge is 2.34. The highest BCUT2D eigenvalue weighted by Crippen LogP contribution is 2.31.